The van der Waals surface area contributed by atoms with E-state index in [0.717, 1.165) is 53.5 Å². The zero-order valence-electron chi connectivity index (χ0n) is 17.3. The Hall–Kier alpha value is -3.37. The summed E-state index contributed by atoms with van der Waals surface area (Å²) in [6.07, 6.45) is 7.04. The summed E-state index contributed by atoms with van der Waals surface area (Å²) in [5.74, 6) is 0.246. The van der Waals surface area contributed by atoms with Crippen LogP contribution in [0.25, 0.3) is 22.2 Å². The van der Waals surface area contributed by atoms with Gasteiger partial charge in [-0.3, -0.25) is 9.48 Å². The number of carbonyl (C=O) groups excluding carboxylic acids is 1. The van der Waals surface area contributed by atoms with Gasteiger partial charge in [-0.25, -0.2) is 15.0 Å². The number of aromatic nitrogens is 5. The molecule has 1 aliphatic rings. The summed E-state index contributed by atoms with van der Waals surface area (Å²) < 4.78 is 1.74. The highest BCUT2D eigenvalue weighted by Gasteiger charge is 2.19. The standard InChI is InChI=1S/C21H22N8OS/c1-27-5-7-29(8-6-27)21-23-12-18(31-21)20(30)26-19-9-17-14(10-22-19)3-4-16(25-17)15-11-24-28(2)13-15/h3-4,9-13H,5-8H2,1-2H3,(H,22,26,30). The molecule has 5 rings (SSSR count). The summed E-state index contributed by atoms with van der Waals surface area (Å²) in [5, 5.41) is 8.86. The molecule has 1 saturated heterocycles. The summed E-state index contributed by atoms with van der Waals surface area (Å²) in [6.45, 7) is 3.83. The van der Waals surface area contributed by atoms with Crippen LogP contribution < -0.4 is 10.2 Å². The highest BCUT2D eigenvalue weighted by atomic mass is 32.1. The molecule has 1 N–H and O–H groups in total. The molecule has 0 aliphatic carbocycles. The maximum absolute atomic E-state index is 12.8. The van der Waals surface area contributed by atoms with Crippen molar-refractivity contribution in [1.82, 2.24) is 29.6 Å². The molecule has 1 aliphatic heterocycles. The fraction of sp³-hybridized carbons (Fsp3) is 0.286. The van der Waals surface area contributed by atoms with Gasteiger partial charge in [-0.05, 0) is 19.2 Å². The van der Waals surface area contributed by atoms with Crippen LogP contribution in [0.3, 0.4) is 0 Å². The first kappa shape index (κ1) is 19.6. The van der Waals surface area contributed by atoms with Crippen molar-refractivity contribution < 1.29 is 4.79 Å². The first-order valence-electron chi connectivity index (χ1n) is 10.0. The molecule has 1 amide bonds. The van der Waals surface area contributed by atoms with Crippen LogP contribution in [-0.4, -0.2) is 68.8 Å². The zero-order chi connectivity index (χ0) is 21.4. The average Bonchev–Trinajstić information content (AvgIpc) is 3.43. The number of likely N-dealkylation sites (N-methyl/N-ethyl adjacent to an activating group) is 1. The third kappa shape index (κ3) is 4.12. The number of aryl methyl sites for hydroxylation is 1. The number of hydrogen-bond acceptors (Lipinski definition) is 8. The number of piperazine rings is 1. The Morgan fingerprint density at radius 2 is 1.90 bits per heavy atom. The Morgan fingerprint density at radius 3 is 2.68 bits per heavy atom. The average molecular weight is 435 g/mol. The number of pyridine rings is 2. The number of fused-ring (bicyclic) bond motifs is 1. The minimum Gasteiger partial charge on any atom is -0.346 e. The predicted molar refractivity (Wildman–Crippen MR) is 122 cm³/mol. The Balaban J connectivity index is 1.33. The molecule has 0 unspecified atom stereocenters. The van der Waals surface area contributed by atoms with E-state index in [1.807, 2.05) is 25.4 Å². The summed E-state index contributed by atoms with van der Waals surface area (Å²) >= 11 is 1.41. The van der Waals surface area contributed by atoms with Crippen molar-refractivity contribution in [1.29, 1.82) is 0 Å². The Morgan fingerprint density at radius 1 is 1.06 bits per heavy atom. The van der Waals surface area contributed by atoms with E-state index in [0.29, 0.717) is 10.7 Å². The lowest BCUT2D eigenvalue weighted by Crippen LogP contribution is -2.44. The number of nitrogens with one attached hydrogen (secondary N) is 1. The van der Waals surface area contributed by atoms with Gasteiger partial charge in [0, 0.05) is 62.6 Å². The van der Waals surface area contributed by atoms with E-state index in [9.17, 15) is 4.79 Å². The Bertz CT molecular complexity index is 1240. The summed E-state index contributed by atoms with van der Waals surface area (Å²) in [4.78, 5) is 31.3. The molecule has 31 heavy (non-hydrogen) atoms. The van der Waals surface area contributed by atoms with Gasteiger partial charge in [-0.1, -0.05) is 11.3 Å². The number of anilines is 2. The molecule has 0 saturated carbocycles. The molecule has 0 spiro atoms. The van der Waals surface area contributed by atoms with Gasteiger partial charge in [0.2, 0.25) is 0 Å². The van der Waals surface area contributed by atoms with Crippen LogP contribution in [0.15, 0.2) is 43.0 Å². The SMILES string of the molecule is CN1CCN(c2ncc(C(=O)Nc3cc4nc(-c5cnn(C)c5)ccc4cn3)s2)CC1. The molecule has 0 atom stereocenters. The van der Waals surface area contributed by atoms with E-state index >= 15 is 0 Å². The van der Waals surface area contributed by atoms with Crippen molar-refractivity contribution in [2.24, 2.45) is 7.05 Å². The van der Waals surface area contributed by atoms with Gasteiger partial charge in [0.15, 0.2) is 5.13 Å². The van der Waals surface area contributed by atoms with Gasteiger partial charge in [-0.15, -0.1) is 0 Å². The minimum absolute atomic E-state index is 0.215. The van der Waals surface area contributed by atoms with E-state index in [1.54, 1.807) is 29.3 Å². The molecular weight excluding hydrogens is 412 g/mol. The highest BCUT2D eigenvalue weighted by Crippen LogP contribution is 2.25. The molecule has 0 bridgehead atoms. The molecule has 0 radical (unpaired) electrons. The number of hydrogen-bond donors (Lipinski definition) is 1. The molecule has 4 aromatic heterocycles. The topological polar surface area (TPSA) is 92.1 Å². The van der Waals surface area contributed by atoms with Gasteiger partial charge >= 0.3 is 0 Å². The fourth-order valence-electron chi connectivity index (χ4n) is 3.49. The number of nitrogens with zero attached hydrogens (tertiary/aromatic N) is 7. The first-order valence-corrected chi connectivity index (χ1v) is 10.8. The smallest absolute Gasteiger partial charge is 0.268 e. The summed E-state index contributed by atoms with van der Waals surface area (Å²) in [6, 6.07) is 5.70. The third-order valence-corrected chi connectivity index (χ3v) is 6.36. The maximum atomic E-state index is 12.8. The lowest BCUT2D eigenvalue weighted by atomic mass is 10.2. The maximum Gasteiger partial charge on any atom is 0.268 e. The molecule has 158 valence electrons. The van der Waals surface area contributed by atoms with Crippen LogP contribution in [0, 0.1) is 0 Å². The molecule has 9 nitrogen and oxygen atoms in total. The summed E-state index contributed by atoms with van der Waals surface area (Å²) in [5.41, 5.74) is 2.52. The number of amides is 1. The van der Waals surface area contributed by atoms with Gasteiger partial charge in [0.05, 0.1) is 23.6 Å². The van der Waals surface area contributed by atoms with Crippen LogP contribution in [-0.2, 0) is 7.05 Å². The highest BCUT2D eigenvalue weighted by molar-refractivity contribution is 7.17. The molecular formula is C21H22N8OS. The van der Waals surface area contributed by atoms with Crippen molar-refractivity contribution in [3.63, 3.8) is 0 Å². The first-order chi connectivity index (χ1) is 15.0. The Labute approximate surface area is 183 Å². The van der Waals surface area contributed by atoms with E-state index in [1.165, 1.54) is 11.3 Å². The fourth-order valence-corrected chi connectivity index (χ4v) is 4.35. The van der Waals surface area contributed by atoms with Crippen molar-refractivity contribution >= 4 is 39.1 Å². The normalized spacial score (nSPS) is 14.8. The second kappa shape index (κ2) is 8.05. The van der Waals surface area contributed by atoms with E-state index in [2.05, 4.69) is 37.2 Å². The van der Waals surface area contributed by atoms with Gasteiger partial charge in [0.1, 0.15) is 10.7 Å². The summed E-state index contributed by atoms with van der Waals surface area (Å²) in [7, 11) is 3.99. The van der Waals surface area contributed by atoms with Crippen LogP contribution in [0.5, 0.6) is 0 Å². The molecule has 0 aromatic carbocycles. The van der Waals surface area contributed by atoms with Gasteiger partial charge in [-0.2, -0.15) is 5.10 Å². The second-order valence-corrected chi connectivity index (χ2v) is 8.62. The van der Waals surface area contributed by atoms with E-state index in [-0.39, 0.29) is 5.91 Å². The zero-order valence-corrected chi connectivity index (χ0v) is 18.1. The number of carbonyl (C=O) groups is 1. The van der Waals surface area contributed by atoms with Crippen molar-refractivity contribution in [3.8, 4) is 11.3 Å². The minimum atomic E-state index is -0.215. The van der Waals surface area contributed by atoms with Crippen LogP contribution in [0.4, 0.5) is 10.9 Å². The van der Waals surface area contributed by atoms with Crippen LogP contribution >= 0.6 is 11.3 Å². The molecule has 5 heterocycles. The van der Waals surface area contributed by atoms with E-state index < -0.39 is 0 Å². The lowest BCUT2D eigenvalue weighted by Gasteiger charge is -2.32. The number of rotatable bonds is 4. The van der Waals surface area contributed by atoms with Crippen molar-refractivity contribution in [3.05, 3.63) is 47.9 Å². The van der Waals surface area contributed by atoms with Gasteiger partial charge < -0.3 is 15.1 Å². The second-order valence-electron chi connectivity index (χ2n) is 7.61. The molecule has 10 heteroatoms. The third-order valence-electron chi connectivity index (χ3n) is 5.31. The largest absolute Gasteiger partial charge is 0.346 e. The molecule has 1 fully saturated rings. The molecule has 4 aromatic rings. The van der Waals surface area contributed by atoms with Gasteiger partial charge in [0.25, 0.3) is 5.91 Å². The van der Waals surface area contributed by atoms with E-state index in [4.69, 9.17) is 4.98 Å². The van der Waals surface area contributed by atoms with Crippen LogP contribution in [0.2, 0.25) is 0 Å². The lowest BCUT2D eigenvalue weighted by molar-refractivity contribution is 0.103. The monoisotopic (exact) mass is 434 g/mol. The quantitative estimate of drug-likeness (QED) is 0.528. The van der Waals surface area contributed by atoms with Crippen molar-refractivity contribution in [2.45, 2.75) is 0 Å². The Kier molecular flexibility index (Phi) is 5.08. The number of thiazole rings is 1. The van der Waals surface area contributed by atoms with Crippen LogP contribution in [0.1, 0.15) is 9.67 Å². The van der Waals surface area contributed by atoms with Crippen molar-refractivity contribution in [2.75, 3.05) is 43.4 Å². The predicted octanol–water partition coefficient (Wildman–Crippen LogP) is 2.49.